The molecule has 6 nitrogen and oxygen atoms in total. The maximum atomic E-state index is 11.3. The molecular formula is C14H25IN4O2S. The second-order valence-corrected chi connectivity index (χ2v) is 6.00. The smallest absolute Gasteiger partial charge is 0.310 e. The number of nitrogens with one attached hydrogen (secondary N) is 2. The first-order valence-electron chi connectivity index (χ1n) is 7.08. The molecule has 0 spiro atoms. The molecule has 8 heteroatoms. The number of rotatable bonds is 7. The van der Waals surface area contributed by atoms with Crippen LogP contribution in [0.2, 0.25) is 0 Å². The topological polar surface area (TPSA) is 75.6 Å². The molecule has 0 aromatic carbocycles. The van der Waals surface area contributed by atoms with Crippen LogP contribution in [-0.4, -0.2) is 43.7 Å². The first-order valence-corrected chi connectivity index (χ1v) is 7.89. The summed E-state index contributed by atoms with van der Waals surface area (Å²) in [5, 5.41) is 7.51. The van der Waals surface area contributed by atoms with E-state index in [1.807, 2.05) is 20.0 Å². The number of hydrogen-bond donors (Lipinski definition) is 2. The van der Waals surface area contributed by atoms with Crippen LogP contribution in [0.5, 0.6) is 0 Å². The number of aromatic nitrogens is 1. The molecule has 126 valence electrons. The van der Waals surface area contributed by atoms with Gasteiger partial charge in [0.15, 0.2) is 5.96 Å². The average molecular weight is 440 g/mol. The van der Waals surface area contributed by atoms with E-state index in [1.54, 1.807) is 18.3 Å². The van der Waals surface area contributed by atoms with Crippen LogP contribution in [0.4, 0.5) is 0 Å². The van der Waals surface area contributed by atoms with Gasteiger partial charge in [0.2, 0.25) is 0 Å². The first kappa shape index (κ1) is 21.1. The van der Waals surface area contributed by atoms with Gasteiger partial charge in [0.1, 0.15) is 0 Å². The maximum Gasteiger partial charge on any atom is 0.310 e. The molecule has 1 heterocycles. The normalized spacial score (nSPS) is 12.3. The van der Waals surface area contributed by atoms with Gasteiger partial charge < -0.3 is 15.4 Å². The van der Waals surface area contributed by atoms with Gasteiger partial charge >= 0.3 is 5.97 Å². The van der Waals surface area contributed by atoms with E-state index < -0.39 is 0 Å². The van der Waals surface area contributed by atoms with Crippen LogP contribution >= 0.6 is 35.3 Å². The van der Waals surface area contributed by atoms with Gasteiger partial charge in [-0.2, -0.15) is 0 Å². The van der Waals surface area contributed by atoms with Gasteiger partial charge in [-0.25, -0.2) is 4.98 Å². The number of carbonyl (C=O) groups is 1. The van der Waals surface area contributed by atoms with Gasteiger partial charge in [-0.1, -0.05) is 6.92 Å². The minimum absolute atomic E-state index is 0. The van der Waals surface area contributed by atoms with E-state index in [-0.39, 0.29) is 35.9 Å². The standard InChI is InChI=1S/C14H24N4O2S.HI/c1-5-15-14(18-8-10(2)13(19)20-4)16-7-6-12-17-9-11(3)21-12;/h9-10H,5-8H2,1-4H3,(H2,15,16,18);1H. The van der Waals surface area contributed by atoms with Gasteiger partial charge in [0.25, 0.3) is 0 Å². The van der Waals surface area contributed by atoms with Crippen molar-refractivity contribution >= 4 is 47.2 Å². The summed E-state index contributed by atoms with van der Waals surface area (Å²) in [6.45, 7) is 7.79. The summed E-state index contributed by atoms with van der Waals surface area (Å²) >= 11 is 1.71. The summed E-state index contributed by atoms with van der Waals surface area (Å²) in [6, 6.07) is 0. The zero-order valence-electron chi connectivity index (χ0n) is 13.5. The fourth-order valence-corrected chi connectivity index (χ4v) is 2.44. The highest BCUT2D eigenvalue weighted by atomic mass is 127. The van der Waals surface area contributed by atoms with E-state index in [0.717, 1.165) is 24.5 Å². The molecule has 2 N–H and O–H groups in total. The lowest BCUT2D eigenvalue weighted by Gasteiger charge is -2.12. The predicted molar refractivity (Wildman–Crippen MR) is 101 cm³/mol. The molecule has 1 atom stereocenters. The number of methoxy groups -OCH3 is 1. The number of halogens is 1. The summed E-state index contributed by atoms with van der Waals surface area (Å²) in [7, 11) is 1.39. The fraction of sp³-hybridized carbons (Fsp3) is 0.643. The summed E-state index contributed by atoms with van der Waals surface area (Å²) in [6.07, 6.45) is 2.74. The van der Waals surface area contributed by atoms with Crippen LogP contribution in [-0.2, 0) is 16.0 Å². The van der Waals surface area contributed by atoms with Crippen molar-refractivity contribution in [1.29, 1.82) is 0 Å². The molecule has 0 saturated heterocycles. The maximum absolute atomic E-state index is 11.3. The largest absolute Gasteiger partial charge is 0.469 e. The van der Waals surface area contributed by atoms with Crippen molar-refractivity contribution in [2.75, 3.05) is 26.7 Å². The summed E-state index contributed by atoms with van der Waals surface area (Å²) < 4.78 is 4.69. The predicted octanol–water partition coefficient (Wildman–Crippen LogP) is 1.98. The van der Waals surface area contributed by atoms with Crippen LogP contribution < -0.4 is 10.6 Å². The molecule has 0 saturated carbocycles. The molecule has 0 amide bonds. The Labute approximate surface area is 153 Å². The number of aryl methyl sites for hydroxylation is 1. The van der Waals surface area contributed by atoms with Crippen LogP contribution in [0.3, 0.4) is 0 Å². The van der Waals surface area contributed by atoms with E-state index in [0.29, 0.717) is 12.5 Å². The minimum atomic E-state index is -0.243. The van der Waals surface area contributed by atoms with Gasteiger partial charge in [-0.05, 0) is 13.8 Å². The average Bonchev–Trinajstić information content (AvgIpc) is 2.89. The van der Waals surface area contributed by atoms with E-state index >= 15 is 0 Å². The van der Waals surface area contributed by atoms with Crippen molar-refractivity contribution in [3.63, 3.8) is 0 Å². The van der Waals surface area contributed by atoms with Gasteiger partial charge in [0.05, 0.1) is 24.6 Å². The summed E-state index contributed by atoms with van der Waals surface area (Å²) in [4.78, 5) is 21.3. The molecule has 22 heavy (non-hydrogen) atoms. The molecule has 0 bridgehead atoms. The van der Waals surface area contributed by atoms with Crippen LogP contribution in [0, 0.1) is 12.8 Å². The highest BCUT2D eigenvalue weighted by molar-refractivity contribution is 14.0. The van der Waals surface area contributed by atoms with Crippen molar-refractivity contribution in [2.45, 2.75) is 27.2 Å². The van der Waals surface area contributed by atoms with Gasteiger partial charge in [-0.15, -0.1) is 35.3 Å². The van der Waals surface area contributed by atoms with E-state index in [1.165, 1.54) is 12.0 Å². The Hall–Kier alpha value is -0.900. The quantitative estimate of drug-likeness (QED) is 0.294. The number of hydrogen-bond acceptors (Lipinski definition) is 5. The van der Waals surface area contributed by atoms with Crippen molar-refractivity contribution in [3.8, 4) is 0 Å². The van der Waals surface area contributed by atoms with Crippen LogP contribution in [0.15, 0.2) is 11.2 Å². The number of aliphatic imine (C=N–C) groups is 1. The van der Waals surface area contributed by atoms with E-state index in [2.05, 4.69) is 25.3 Å². The monoisotopic (exact) mass is 440 g/mol. The van der Waals surface area contributed by atoms with Crippen molar-refractivity contribution in [2.24, 2.45) is 10.9 Å². The third-order valence-electron chi connectivity index (χ3n) is 2.77. The fourth-order valence-electron chi connectivity index (χ4n) is 1.65. The summed E-state index contributed by atoms with van der Waals surface area (Å²) in [5.41, 5.74) is 0. The molecule has 0 radical (unpaired) electrons. The van der Waals surface area contributed by atoms with Gasteiger partial charge in [-0.3, -0.25) is 9.79 Å². The second kappa shape index (κ2) is 11.6. The second-order valence-electron chi connectivity index (χ2n) is 4.69. The zero-order valence-corrected chi connectivity index (χ0v) is 16.7. The number of thiazole rings is 1. The van der Waals surface area contributed by atoms with E-state index in [9.17, 15) is 4.79 Å². The third-order valence-corrected chi connectivity index (χ3v) is 3.74. The number of carbonyl (C=O) groups excluding carboxylic acids is 1. The van der Waals surface area contributed by atoms with Crippen molar-refractivity contribution in [1.82, 2.24) is 15.6 Å². The molecule has 0 aliphatic carbocycles. The Bertz CT molecular complexity index is 479. The highest BCUT2D eigenvalue weighted by Crippen LogP contribution is 2.10. The molecule has 0 aliphatic heterocycles. The Morgan fingerprint density at radius 2 is 2.23 bits per heavy atom. The van der Waals surface area contributed by atoms with Crippen molar-refractivity contribution < 1.29 is 9.53 Å². The highest BCUT2D eigenvalue weighted by Gasteiger charge is 2.12. The van der Waals surface area contributed by atoms with Crippen LogP contribution in [0.25, 0.3) is 0 Å². The van der Waals surface area contributed by atoms with Gasteiger partial charge in [0, 0.05) is 30.6 Å². The first-order chi connectivity index (χ1) is 10.1. The van der Waals surface area contributed by atoms with Crippen LogP contribution in [0.1, 0.15) is 23.7 Å². The number of guanidine groups is 1. The molecule has 1 aromatic rings. The SMILES string of the molecule is CCNC(=NCC(C)C(=O)OC)NCCc1ncc(C)s1.I. The Balaban J connectivity index is 0.00000441. The Morgan fingerprint density at radius 3 is 2.77 bits per heavy atom. The molecule has 0 aliphatic rings. The number of nitrogens with zero attached hydrogens (tertiary/aromatic N) is 2. The van der Waals surface area contributed by atoms with Crippen molar-refractivity contribution in [3.05, 3.63) is 16.1 Å². The lowest BCUT2D eigenvalue weighted by molar-refractivity contribution is -0.144. The third kappa shape index (κ3) is 7.92. The molecule has 0 fully saturated rings. The number of esters is 1. The lowest BCUT2D eigenvalue weighted by atomic mass is 10.2. The lowest BCUT2D eigenvalue weighted by Crippen LogP contribution is -2.38. The minimum Gasteiger partial charge on any atom is -0.469 e. The summed E-state index contributed by atoms with van der Waals surface area (Å²) in [5.74, 6) is 0.224. The number of ether oxygens (including phenoxy) is 1. The van der Waals surface area contributed by atoms with E-state index in [4.69, 9.17) is 0 Å². The molecular weight excluding hydrogens is 415 g/mol. The molecule has 1 unspecified atom stereocenters. The Kier molecular flexibility index (Phi) is 11.2. The molecule has 1 rings (SSSR count). The zero-order chi connectivity index (χ0) is 15.7. The molecule has 1 aromatic heterocycles. The Morgan fingerprint density at radius 1 is 1.50 bits per heavy atom.